The highest BCUT2D eigenvalue weighted by Gasteiger charge is 2.34. The minimum Gasteiger partial charge on any atom is -0.384 e. The molecule has 0 amide bonds. The SMILES string of the molecule is C=CCn1c(=O)c2cnc(Nc3ccc(N4CCN(C)C[C@H]4C)cc3)nc2n1-c1ccc2c(n1)[C@](C)(O)CC2. The van der Waals surface area contributed by atoms with Gasteiger partial charge in [-0.25, -0.2) is 19.3 Å². The standard InChI is InChI=1S/C29H34N8O2/c1-5-14-36-27(38)23-17-30-28(31-21-7-9-22(10-8-21)35-16-15-34(4)18-19(35)2)33-26(23)37(36)24-11-6-20-12-13-29(3,39)25(20)32-24/h5-11,17,19,39H,1,12-16,18H2,2-4H3,(H,30,31,33)/t19-,29-/m1/s1. The Kier molecular flexibility index (Phi) is 6.23. The largest absolute Gasteiger partial charge is 0.384 e. The van der Waals surface area contributed by atoms with Crippen molar-refractivity contribution in [3.63, 3.8) is 0 Å². The lowest BCUT2D eigenvalue weighted by Gasteiger charge is -2.39. The number of fused-ring (bicyclic) bond motifs is 2. The lowest BCUT2D eigenvalue weighted by atomic mass is 10.0. The smallest absolute Gasteiger partial charge is 0.278 e. The zero-order valence-electron chi connectivity index (χ0n) is 22.6. The van der Waals surface area contributed by atoms with Crippen LogP contribution in [0.15, 0.2) is 60.0 Å². The Balaban J connectivity index is 1.35. The summed E-state index contributed by atoms with van der Waals surface area (Å²) in [5.74, 6) is 0.890. The van der Waals surface area contributed by atoms with Crippen LogP contribution < -0.4 is 15.8 Å². The fraction of sp³-hybridized carbons (Fsp3) is 0.379. The van der Waals surface area contributed by atoms with Crippen LogP contribution in [0.4, 0.5) is 17.3 Å². The van der Waals surface area contributed by atoms with Crippen molar-refractivity contribution in [3.05, 3.63) is 76.9 Å². The van der Waals surface area contributed by atoms with Crippen LogP contribution in [0, 0.1) is 0 Å². The van der Waals surface area contributed by atoms with E-state index in [1.165, 1.54) is 5.69 Å². The zero-order chi connectivity index (χ0) is 27.3. The van der Waals surface area contributed by atoms with E-state index in [1.807, 2.05) is 24.3 Å². The van der Waals surface area contributed by atoms with Crippen molar-refractivity contribution in [1.82, 2.24) is 29.2 Å². The highest BCUT2D eigenvalue weighted by Crippen LogP contribution is 2.35. The molecule has 0 bridgehead atoms. The fourth-order valence-electron chi connectivity index (χ4n) is 5.76. The number of likely N-dealkylation sites (N-methyl/N-ethyl adjacent to an activating group) is 1. The second-order valence-corrected chi connectivity index (χ2v) is 10.8. The van der Waals surface area contributed by atoms with Gasteiger partial charge in [0.1, 0.15) is 11.0 Å². The normalized spacial score (nSPS) is 21.3. The third-order valence-corrected chi connectivity index (χ3v) is 7.84. The number of nitrogens with one attached hydrogen (secondary N) is 1. The van der Waals surface area contributed by atoms with Gasteiger partial charge in [0.25, 0.3) is 5.56 Å². The molecule has 4 heterocycles. The molecule has 202 valence electrons. The van der Waals surface area contributed by atoms with Gasteiger partial charge in [-0.1, -0.05) is 12.1 Å². The van der Waals surface area contributed by atoms with Crippen molar-refractivity contribution in [2.24, 2.45) is 0 Å². The predicted molar refractivity (Wildman–Crippen MR) is 153 cm³/mol. The molecular formula is C29H34N8O2. The zero-order valence-corrected chi connectivity index (χ0v) is 22.6. The van der Waals surface area contributed by atoms with Gasteiger partial charge in [-0.2, -0.15) is 4.98 Å². The molecule has 1 aliphatic carbocycles. The Labute approximate surface area is 227 Å². The summed E-state index contributed by atoms with van der Waals surface area (Å²) in [7, 11) is 2.16. The summed E-state index contributed by atoms with van der Waals surface area (Å²) < 4.78 is 3.24. The molecule has 1 aliphatic heterocycles. The number of aromatic nitrogens is 5. The molecule has 2 atom stereocenters. The molecule has 0 saturated carbocycles. The van der Waals surface area contributed by atoms with Crippen molar-refractivity contribution in [2.75, 3.05) is 36.9 Å². The number of anilines is 3. The van der Waals surface area contributed by atoms with Crippen molar-refractivity contribution in [2.45, 2.75) is 44.9 Å². The summed E-state index contributed by atoms with van der Waals surface area (Å²) in [6.07, 6.45) is 4.60. The first-order valence-electron chi connectivity index (χ1n) is 13.4. The third kappa shape index (κ3) is 4.49. The monoisotopic (exact) mass is 526 g/mol. The van der Waals surface area contributed by atoms with Gasteiger partial charge in [-0.05, 0) is 69.6 Å². The molecule has 2 N–H and O–H groups in total. The van der Waals surface area contributed by atoms with Crippen molar-refractivity contribution < 1.29 is 5.11 Å². The van der Waals surface area contributed by atoms with E-state index >= 15 is 0 Å². The average Bonchev–Trinajstić information content (AvgIpc) is 3.37. The second-order valence-electron chi connectivity index (χ2n) is 10.8. The van der Waals surface area contributed by atoms with Crippen LogP contribution in [0.3, 0.4) is 0 Å². The lowest BCUT2D eigenvalue weighted by Crippen LogP contribution is -2.50. The molecule has 2 aliphatic rings. The first kappa shape index (κ1) is 25.3. The van der Waals surface area contributed by atoms with Crippen LogP contribution >= 0.6 is 0 Å². The van der Waals surface area contributed by atoms with Crippen LogP contribution in [0.5, 0.6) is 0 Å². The van der Waals surface area contributed by atoms with E-state index in [-0.39, 0.29) is 12.1 Å². The number of rotatable bonds is 6. The average molecular weight is 527 g/mol. The first-order valence-corrected chi connectivity index (χ1v) is 13.4. The van der Waals surface area contributed by atoms with Gasteiger partial charge in [-0.3, -0.25) is 4.79 Å². The van der Waals surface area contributed by atoms with E-state index in [2.05, 4.69) is 52.8 Å². The van der Waals surface area contributed by atoms with E-state index in [4.69, 9.17) is 9.97 Å². The van der Waals surface area contributed by atoms with Crippen molar-refractivity contribution in [1.29, 1.82) is 0 Å². The Morgan fingerprint density at radius 1 is 1.18 bits per heavy atom. The van der Waals surface area contributed by atoms with Gasteiger partial charge >= 0.3 is 0 Å². The highest BCUT2D eigenvalue weighted by atomic mass is 16.3. The van der Waals surface area contributed by atoms with Gasteiger partial charge in [-0.15, -0.1) is 6.58 Å². The molecule has 1 aromatic carbocycles. The molecule has 1 saturated heterocycles. The quantitative estimate of drug-likeness (QED) is 0.369. The van der Waals surface area contributed by atoms with E-state index in [0.717, 1.165) is 37.3 Å². The van der Waals surface area contributed by atoms with Gasteiger partial charge in [0, 0.05) is 43.2 Å². The molecule has 3 aromatic heterocycles. The molecule has 10 nitrogen and oxygen atoms in total. The maximum Gasteiger partial charge on any atom is 0.278 e. The third-order valence-electron chi connectivity index (χ3n) is 7.84. The maximum atomic E-state index is 13.3. The number of hydrogen-bond acceptors (Lipinski definition) is 8. The summed E-state index contributed by atoms with van der Waals surface area (Å²) in [6.45, 7) is 11.2. The molecular weight excluding hydrogens is 492 g/mol. The number of benzene rings is 1. The lowest BCUT2D eigenvalue weighted by molar-refractivity contribution is 0.0553. The Bertz CT molecular complexity index is 1600. The van der Waals surface area contributed by atoms with Crippen LogP contribution in [0.25, 0.3) is 16.9 Å². The minimum atomic E-state index is -1.01. The van der Waals surface area contributed by atoms with Gasteiger partial charge in [0.2, 0.25) is 5.95 Å². The Morgan fingerprint density at radius 3 is 2.72 bits per heavy atom. The molecule has 0 spiro atoms. The molecule has 6 rings (SSSR count). The summed E-state index contributed by atoms with van der Waals surface area (Å²) >= 11 is 0. The Hall–Kier alpha value is -4.02. The number of allylic oxidation sites excluding steroid dienone is 1. The second kappa shape index (κ2) is 9.62. The molecule has 10 heteroatoms. The topological polar surface area (TPSA) is 104 Å². The van der Waals surface area contributed by atoms with Crippen LogP contribution in [-0.2, 0) is 18.6 Å². The van der Waals surface area contributed by atoms with Crippen LogP contribution in [0.2, 0.25) is 0 Å². The predicted octanol–water partition coefficient (Wildman–Crippen LogP) is 3.20. The van der Waals surface area contributed by atoms with E-state index in [1.54, 1.807) is 28.6 Å². The van der Waals surface area contributed by atoms with Crippen molar-refractivity contribution in [3.8, 4) is 5.82 Å². The number of piperazine rings is 1. The summed E-state index contributed by atoms with van der Waals surface area (Å²) in [5.41, 5.74) is 2.90. The van der Waals surface area contributed by atoms with E-state index in [9.17, 15) is 9.90 Å². The maximum absolute atomic E-state index is 13.3. The molecule has 1 fully saturated rings. The fourth-order valence-corrected chi connectivity index (χ4v) is 5.76. The number of aryl methyl sites for hydroxylation is 1. The minimum absolute atomic E-state index is 0.226. The summed E-state index contributed by atoms with van der Waals surface area (Å²) in [5, 5.41) is 14.5. The molecule has 0 unspecified atom stereocenters. The van der Waals surface area contributed by atoms with Crippen molar-refractivity contribution >= 4 is 28.4 Å². The molecule has 39 heavy (non-hydrogen) atoms. The summed E-state index contributed by atoms with van der Waals surface area (Å²) in [6, 6.07) is 12.5. The van der Waals surface area contributed by atoms with Crippen LogP contribution in [0.1, 0.15) is 31.5 Å². The van der Waals surface area contributed by atoms with Gasteiger partial charge in [0.15, 0.2) is 11.5 Å². The van der Waals surface area contributed by atoms with Gasteiger partial charge < -0.3 is 20.2 Å². The summed E-state index contributed by atoms with van der Waals surface area (Å²) in [4.78, 5) is 32.0. The molecule has 0 radical (unpaired) electrons. The number of pyridine rings is 1. The van der Waals surface area contributed by atoms with E-state index in [0.29, 0.717) is 41.0 Å². The van der Waals surface area contributed by atoms with Gasteiger partial charge in [0.05, 0.1) is 12.2 Å². The highest BCUT2D eigenvalue weighted by molar-refractivity contribution is 5.77. The molecule has 4 aromatic rings. The Morgan fingerprint density at radius 2 is 1.97 bits per heavy atom. The van der Waals surface area contributed by atoms with Crippen LogP contribution in [-0.4, -0.2) is 67.0 Å². The van der Waals surface area contributed by atoms with E-state index < -0.39 is 5.60 Å². The number of aliphatic hydroxyl groups is 1. The number of nitrogens with zero attached hydrogens (tertiary/aromatic N) is 7. The first-order chi connectivity index (χ1) is 18.7. The number of hydrogen-bond donors (Lipinski definition) is 2.